The monoisotopic (exact) mass is 331 g/mol. The van der Waals surface area contributed by atoms with E-state index in [-0.39, 0.29) is 11.7 Å². The Hall–Kier alpha value is -2.24. The van der Waals surface area contributed by atoms with Crippen molar-refractivity contribution in [1.82, 2.24) is 15.0 Å². The Morgan fingerprint density at radius 2 is 2.17 bits per heavy atom. The van der Waals surface area contributed by atoms with E-state index in [9.17, 15) is 9.18 Å². The van der Waals surface area contributed by atoms with E-state index in [2.05, 4.69) is 10.1 Å². The van der Waals surface area contributed by atoms with Crippen LogP contribution < -0.4 is 0 Å². The van der Waals surface area contributed by atoms with E-state index in [0.717, 1.165) is 37.9 Å². The number of halogens is 1. The molecule has 5 nitrogen and oxygen atoms in total. The summed E-state index contributed by atoms with van der Waals surface area (Å²) in [6.07, 6.45) is 3.68. The molecule has 1 saturated heterocycles. The second kappa shape index (κ2) is 7.55. The van der Waals surface area contributed by atoms with Crippen LogP contribution in [-0.4, -0.2) is 34.0 Å². The molecular weight excluding hydrogens is 309 g/mol. The van der Waals surface area contributed by atoms with Crippen molar-refractivity contribution in [2.24, 2.45) is 5.92 Å². The van der Waals surface area contributed by atoms with Crippen molar-refractivity contribution in [3.8, 4) is 0 Å². The van der Waals surface area contributed by atoms with Gasteiger partial charge in [0.15, 0.2) is 5.82 Å². The third-order valence-corrected chi connectivity index (χ3v) is 4.50. The quantitative estimate of drug-likeness (QED) is 0.845. The molecule has 0 radical (unpaired) electrons. The molecule has 1 aliphatic rings. The smallest absolute Gasteiger partial charge is 0.227 e. The summed E-state index contributed by atoms with van der Waals surface area (Å²) < 4.78 is 18.3. The number of benzene rings is 1. The fourth-order valence-electron chi connectivity index (χ4n) is 3.20. The highest BCUT2D eigenvalue weighted by molar-refractivity contribution is 5.76. The summed E-state index contributed by atoms with van der Waals surface area (Å²) >= 11 is 0. The molecule has 0 saturated carbocycles. The van der Waals surface area contributed by atoms with Crippen molar-refractivity contribution < 1.29 is 13.7 Å². The van der Waals surface area contributed by atoms with Gasteiger partial charge in [0.25, 0.3) is 0 Å². The van der Waals surface area contributed by atoms with Crippen molar-refractivity contribution in [1.29, 1.82) is 0 Å². The summed E-state index contributed by atoms with van der Waals surface area (Å²) in [6.45, 7) is 3.29. The predicted octanol–water partition coefficient (Wildman–Crippen LogP) is 2.93. The van der Waals surface area contributed by atoms with Gasteiger partial charge in [-0.05, 0) is 49.8 Å². The molecule has 3 rings (SSSR count). The van der Waals surface area contributed by atoms with Crippen LogP contribution in [0.1, 0.15) is 36.5 Å². The predicted molar refractivity (Wildman–Crippen MR) is 86.8 cm³/mol. The number of carbonyl (C=O) groups is 1. The van der Waals surface area contributed by atoms with Crippen molar-refractivity contribution in [3.63, 3.8) is 0 Å². The number of nitrogens with zero attached hydrogens (tertiary/aromatic N) is 3. The normalized spacial score (nSPS) is 15.7. The minimum absolute atomic E-state index is 0.134. The highest BCUT2D eigenvalue weighted by Gasteiger charge is 2.23. The van der Waals surface area contributed by atoms with E-state index < -0.39 is 0 Å². The van der Waals surface area contributed by atoms with Crippen LogP contribution in [-0.2, 0) is 17.6 Å². The number of piperidine rings is 1. The molecule has 24 heavy (non-hydrogen) atoms. The molecule has 0 N–H and O–H groups in total. The van der Waals surface area contributed by atoms with E-state index >= 15 is 0 Å². The van der Waals surface area contributed by atoms with Gasteiger partial charge < -0.3 is 9.42 Å². The van der Waals surface area contributed by atoms with E-state index in [1.54, 1.807) is 19.1 Å². The number of rotatable bonds is 5. The maximum atomic E-state index is 13.2. The standard InChI is InChI=1S/C18H22FN3O2/c1-13-20-17(24-21-13)5-6-18(23)22-9-7-14(8-10-22)11-15-3-2-4-16(19)12-15/h2-4,12,14H,5-11H2,1H3. The van der Waals surface area contributed by atoms with E-state index in [1.165, 1.54) is 6.07 Å². The average molecular weight is 331 g/mol. The average Bonchev–Trinajstić information content (AvgIpc) is 2.99. The third-order valence-electron chi connectivity index (χ3n) is 4.50. The van der Waals surface area contributed by atoms with Gasteiger partial charge in [0.1, 0.15) is 5.82 Å². The molecular formula is C18H22FN3O2. The number of hydrogen-bond acceptors (Lipinski definition) is 4. The Morgan fingerprint density at radius 3 is 2.83 bits per heavy atom. The maximum absolute atomic E-state index is 13.2. The van der Waals surface area contributed by atoms with Crippen molar-refractivity contribution in [2.75, 3.05) is 13.1 Å². The molecule has 1 amide bonds. The van der Waals surface area contributed by atoms with Gasteiger partial charge in [-0.1, -0.05) is 17.3 Å². The Balaban J connectivity index is 1.43. The second-order valence-corrected chi connectivity index (χ2v) is 6.39. The van der Waals surface area contributed by atoms with Gasteiger partial charge in [-0.3, -0.25) is 4.79 Å². The van der Waals surface area contributed by atoms with Gasteiger partial charge in [-0.15, -0.1) is 0 Å². The van der Waals surface area contributed by atoms with Gasteiger partial charge in [-0.2, -0.15) is 4.98 Å². The molecule has 0 unspecified atom stereocenters. The lowest BCUT2D eigenvalue weighted by Crippen LogP contribution is -2.39. The SMILES string of the molecule is Cc1noc(CCC(=O)N2CCC(Cc3cccc(F)c3)CC2)n1. The lowest BCUT2D eigenvalue weighted by Gasteiger charge is -2.32. The number of aryl methyl sites for hydroxylation is 2. The number of likely N-dealkylation sites (tertiary alicyclic amines) is 1. The lowest BCUT2D eigenvalue weighted by atomic mass is 9.90. The molecule has 1 fully saturated rings. The first-order valence-electron chi connectivity index (χ1n) is 8.41. The fraction of sp³-hybridized carbons (Fsp3) is 0.500. The Labute approximate surface area is 140 Å². The van der Waals surface area contributed by atoms with Crippen LogP contribution in [0.25, 0.3) is 0 Å². The summed E-state index contributed by atoms with van der Waals surface area (Å²) in [6, 6.07) is 6.79. The number of amides is 1. The molecule has 0 atom stereocenters. The molecule has 128 valence electrons. The van der Waals surface area contributed by atoms with Crippen LogP contribution in [0.4, 0.5) is 4.39 Å². The lowest BCUT2D eigenvalue weighted by molar-refractivity contribution is -0.132. The van der Waals surface area contributed by atoms with E-state index in [0.29, 0.717) is 30.5 Å². The molecule has 1 aromatic carbocycles. The zero-order valence-electron chi connectivity index (χ0n) is 13.9. The van der Waals surface area contributed by atoms with Gasteiger partial charge in [0, 0.05) is 25.9 Å². The van der Waals surface area contributed by atoms with Gasteiger partial charge >= 0.3 is 0 Å². The Kier molecular flexibility index (Phi) is 5.23. The Morgan fingerprint density at radius 1 is 1.38 bits per heavy atom. The molecule has 1 aromatic heterocycles. The largest absolute Gasteiger partial charge is 0.343 e. The summed E-state index contributed by atoms with van der Waals surface area (Å²) in [4.78, 5) is 18.3. The van der Waals surface area contributed by atoms with Crippen LogP contribution in [0, 0.1) is 18.7 Å². The maximum Gasteiger partial charge on any atom is 0.227 e. The zero-order chi connectivity index (χ0) is 16.9. The first-order valence-corrected chi connectivity index (χ1v) is 8.41. The van der Waals surface area contributed by atoms with Crippen LogP contribution in [0.15, 0.2) is 28.8 Å². The number of hydrogen-bond donors (Lipinski definition) is 0. The van der Waals surface area contributed by atoms with Crippen LogP contribution in [0.2, 0.25) is 0 Å². The topological polar surface area (TPSA) is 59.2 Å². The minimum Gasteiger partial charge on any atom is -0.343 e. The highest BCUT2D eigenvalue weighted by Crippen LogP contribution is 2.22. The van der Waals surface area contributed by atoms with Gasteiger partial charge in [0.2, 0.25) is 11.8 Å². The Bertz CT molecular complexity index is 693. The van der Waals surface area contributed by atoms with Gasteiger partial charge in [-0.25, -0.2) is 4.39 Å². The second-order valence-electron chi connectivity index (χ2n) is 6.39. The third kappa shape index (κ3) is 4.40. The summed E-state index contributed by atoms with van der Waals surface area (Å²) in [5, 5.41) is 3.73. The first kappa shape index (κ1) is 16.6. The molecule has 2 heterocycles. The van der Waals surface area contributed by atoms with Gasteiger partial charge in [0.05, 0.1) is 0 Å². The molecule has 1 aliphatic heterocycles. The first-order chi connectivity index (χ1) is 11.6. The van der Waals surface area contributed by atoms with Crippen molar-refractivity contribution in [3.05, 3.63) is 47.4 Å². The van der Waals surface area contributed by atoms with Crippen LogP contribution in [0.5, 0.6) is 0 Å². The van der Waals surface area contributed by atoms with Crippen LogP contribution >= 0.6 is 0 Å². The van der Waals surface area contributed by atoms with Crippen molar-refractivity contribution >= 4 is 5.91 Å². The molecule has 0 spiro atoms. The van der Waals surface area contributed by atoms with Crippen LogP contribution in [0.3, 0.4) is 0 Å². The molecule has 6 heteroatoms. The number of carbonyl (C=O) groups excluding carboxylic acids is 1. The summed E-state index contributed by atoms with van der Waals surface area (Å²) in [7, 11) is 0. The van der Waals surface area contributed by atoms with E-state index in [4.69, 9.17) is 4.52 Å². The summed E-state index contributed by atoms with van der Waals surface area (Å²) in [5.74, 6) is 1.57. The zero-order valence-corrected chi connectivity index (χ0v) is 13.9. The highest BCUT2D eigenvalue weighted by atomic mass is 19.1. The molecule has 0 bridgehead atoms. The molecule has 2 aromatic rings. The van der Waals surface area contributed by atoms with E-state index in [1.807, 2.05) is 11.0 Å². The fourth-order valence-corrected chi connectivity index (χ4v) is 3.20. The minimum atomic E-state index is -0.184. The molecule has 0 aliphatic carbocycles. The number of aromatic nitrogens is 2. The summed E-state index contributed by atoms with van der Waals surface area (Å²) in [5.41, 5.74) is 1.03. The van der Waals surface area contributed by atoms with Crippen molar-refractivity contribution in [2.45, 2.75) is 39.0 Å².